The van der Waals surface area contributed by atoms with Crippen molar-refractivity contribution in [1.29, 1.82) is 0 Å². The topological polar surface area (TPSA) is 73.9 Å². The molecule has 1 aromatic rings. The maximum atomic E-state index is 9.74. The normalized spacial score (nSPS) is 19.2. The summed E-state index contributed by atoms with van der Waals surface area (Å²) in [7, 11) is 0. The van der Waals surface area contributed by atoms with Crippen LogP contribution in [0.2, 0.25) is 0 Å². The molecule has 0 radical (unpaired) electrons. The zero-order valence-electron chi connectivity index (χ0n) is 6.88. The van der Waals surface area contributed by atoms with Crippen LogP contribution in [0.1, 0.15) is 18.4 Å². The van der Waals surface area contributed by atoms with E-state index in [1.54, 1.807) is 0 Å². The summed E-state index contributed by atoms with van der Waals surface area (Å²) in [5.74, 6) is 0. The molecule has 1 aliphatic carbocycles. The van der Waals surface area contributed by atoms with Crippen molar-refractivity contribution >= 4 is 11.4 Å². The molecule has 1 saturated carbocycles. The van der Waals surface area contributed by atoms with Crippen molar-refractivity contribution < 1.29 is 10.8 Å². The molecule has 0 aliphatic heterocycles. The van der Waals surface area contributed by atoms with Crippen LogP contribution < -0.4 is 11.5 Å². The Labute approximate surface area is 71.0 Å². The number of nitrogens with two attached hydrogens (primary N) is 1. The number of benzene rings is 1. The Kier molecular flexibility index (Phi) is 1.40. The standard InChI is InChI=1S/C9H12N2O/c10-7-2-1-6(5-8(7)11)9(12)3-4-9/h1-2,5,12H,3-4,10-11H2/p+1. The second-order valence-corrected chi connectivity index (χ2v) is 3.45. The van der Waals surface area contributed by atoms with Gasteiger partial charge in [0.2, 0.25) is 0 Å². The van der Waals surface area contributed by atoms with Crippen molar-refractivity contribution in [2.75, 3.05) is 5.73 Å². The number of anilines is 1. The van der Waals surface area contributed by atoms with E-state index in [1.807, 2.05) is 18.2 Å². The summed E-state index contributed by atoms with van der Waals surface area (Å²) in [6.45, 7) is 0. The highest BCUT2D eigenvalue weighted by Crippen LogP contribution is 2.45. The molecule has 1 fully saturated rings. The smallest absolute Gasteiger partial charge is 0.151 e. The van der Waals surface area contributed by atoms with Crippen LogP contribution in [0.5, 0.6) is 0 Å². The number of nitrogen functional groups attached to an aromatic ring is 1. The van der Waals surface area contributed by atoms with Gasteiger partial charge in [0.25, 0.3) is 0 Å². The van der Waals surface area contributed by atoms with Crippen molar-refractivity contribution in [2.24, 2.45) is 0 Å². The second kappa shape index (κ2) is 2.21. The first-order valence-electron chi connectivity index (χ1n) is 4.06. The summed E-state index contributed by atoms with van der Waals surface area (Å²) in [5.41, 5.74) is 11.3. The molecule has 0 spiro atoms. The van der Waals surface area contributed by atoms with Crippen LogP contribution in [0.3, 0.4) is 0 Å². The van der Waals surface area contributed by atoms with E-state index in [9.17, 15) is 5.11 Å². The van der Waals surface area contributed by atoms with Gasteiger partial charge in [-0.2, -0.15) is 0 Å². The van der Waals surface area contributed by atoms with Crippen LogP contribution in [-0.4, -0.2) is 5.11 Å². The Balaban J connectivity index is 2.41. The minimum atomic E-state index is -0.582. The van der Waals surface area contributed by atoms with Crippen molar-refractivity contribution in [3.05, 3.63) is 23.8 Å². The first kappa shape index (κ1) is 7.58. The van der Waals surface area contributed by atoms with Crippen LogP contribution in [0, 0.1) is 0 Å². The van der Waals surface area contributed by atoms with Crippen LogP contribution in [0.25, 0.3) is 0 Å². The van der Waals surface area contributed by atoms with E-state index in [0.29, 0.717) is 5.69 Å². The average Bonchev–Trinajstić information content (AvgIpc) is 2.75. The van der Waals surface area contributed by atoms with Crippen molar-refractivity contribution in [2.45, 2.75) is 18.4 Å². The lowest BCUT2D eigenvalue weighted by atomic mass is 10.1. The van der Waals surface area contributed by atoms with Gasteiger partial charge in [-0.15, -0.1) is 0 Å². The van der Waals surface area contributed by atoms with Gasteiger partial charge in [-0.25, -0.2) is 0 Å². The van der Waals surface area contributed by atoms with E-state index in [4.69, 9.17) is 5.73 Å². The Morgan fingerprint density at radius 3 is 2.58 bits per heavy atom. The van der Waals surface area contributed by atoms with E-state index < -0.39 is 5.60 Å². The van der Waals surface area contributed by atoms with E-state index >= 15 is 0 Å². The predicted molar refractivity (Wildman–Crippen MR) is 46.5 cm³/mol. The minimum Gasteiger partial charge on any atom is -0.394 e. The molecule has 12 heavy (non-hydrogen) atoms. The first-order valence-corrected chi connectivity index (χ1v) is 4.06. The van der Waals surface area contributed by atoms with E-state index in [2.05, 4.69) is 5.73 Å². The Morgan fingerprint density at radius 2 is 2.08 bits per heavy atom. The molecular formula is C9H13N2O+. The number of hydrogen-bond donors (Lipinski definition) is 3. The highest BCUT2D eigenvalue weighted by atomic mass is 16.3. The lowest BCUT2D eigenvalue weighted by Crippen LogP contribution is -2.41. The number of aliphatic hydroxyl groups is 1. The molecule has 0 saturated heterocycles. The second-order valence-electron chi connectivity index (χ2n) is 3.45. The zero-order valence-corrected chi connectivity index (χ0v) is 6.88. The summed E-state index contributed by atoms with van der Waals surface area (Å²) in [6, 6.07) is 5.56. The van der Waals surface area contributed by atoms with Gasteiger partial charge in [-0.1, -0.05) is 6.07 Å². The Hall–Kier alpha value is -1.06. The molecule has 64 valence electrons. The molecule has 1 aliphatic rings. The summed E-state index contributed by atoms with van der Waals surface area (Å²) >= 11 is 0. The predicted octanol–water partition coefficient (Wildman–Crippen LogP) is 0.124. The molecule has 2 rings (SSSR count). The highest BCUT2D eigenvalue weighted by molar-refractivity contribution is 5.59. The van der Waals surface area contributed by atoms with Crippen molar-refractivity contribution in [3.63, 3.8) is 0 Å². The van der Waals surface area contributed by atoms with Gasteiger partial charge in [0.1, 0.15) is 0 Å². The largest absolute Gasteiger partial charge is 0.394 e. The fourth-order valence-electron chi connectivity index (χ4n) is 1.29. The maximum absolute atomic E-state index is 9.74. The van der Waals surface area contributed by atoms with Crippen LogP contribution >= 0.6 is 0 Å². The Morgan fingerprint density at radius 1 is 1.42 bits per heavy atom. The van der Waals surface area contributed by atoms with Gasteiger partial charge in [0, 0.05) is 6.07 Å². The molecule has 0 heterocycles. The van der Waals surface area contributed by atoms with Gasteiger partial charge >= 0.3 is 0 Å². The van der Waals surface area contributed by atoms with Gasteiger partial charge in [0.05, 0.1) is 11.3 Å². The summed E-state index contributed by atoms with van der Waals surface area (Å²) in [6.07, 6.45) is 1.70. The van der Waals surface area contributed by atoms with Gasteiger partial charge in [-0.3, -0.25) is 0 Å². The van der Waals surface area contributed by atoms with Gasteiger partial charge < -0.3 is 16.6 Å². The minimum absolute atomic E-state index is 0.582. The number of rotatable bonds is 1. The molecule has 0 amide bonds. The lowest BCUT2D eigenvalue weighted by Gasteiger charge is -2.08. The van der Waals surface area contributed by atoms with Gasteiger partial charge in [-0.05, 0) is 24.5 Å². The summed E-state index contributed by atoms with van der Waals surface area (Å²) in [5, 5.41) is 9.74. The SMILES string of the molecule is Nc1cc(C2(O)CC2)ccc1[NH3+]. The third-order valence-corrected chi connectivity index (χ3v) is 2.41. The number of hydrogen-bond acceptors (Lipinski definition) is 2. The van der Waals surface area contributed by atoms with E-state index in [-0.39, 0.29) is 0 Å². The van der Waals surface area contributed by atoms with Crippen molar-refractivity contribution in [1.82, 2.24) is 0 Å². The zero-order chi connectivity index (χ0) is 8.77. The third-order valence-electron chi connectivity index (χ3n) is 2.41. The maximum Gasteiger partial charge on any atom is 0.151 e. The molecule has 0 unspecified atom stereocenters. The molecule has 6 N–H and O–H groups in total. The van der Waals surface area contributed by atoms with E-state index in [1.165, 1.54) is 0 Å². The van der Waals surface area contributed by atoms with E-state index in [0.717, 1.165) is 24.1 Å². The Bertz CT molecular complexity index is 318. The lowest BCUT2D eigenvalue weighted by molar-refractivity contribution is -0.253. The fraction of sp³-hybridized carbons (Fsp3) is 0.333. The highest BCUT2D eigenvalue weighted by Gasteiger charge is 2.42. The molecule has 0 atom stereocenters. The quantitative estimate of drug-likeness (QED) is 0.517. The molecule has 0 bridgehead atoms. The van der Waals surface area contributed by atoms with Crippen molar-refractivity contribution in [3.8, 4) is 0 Å². The average molecular weight is 165 g/mol. The summed E-state index contributed by atoms with van der Waals surface area (Å²) < 4.78 is 0. The number of quaternary nitrogens is 1. The fourth-order valence-corrected chi connectivity index (χ4v) is 1.29. The summed E-state index contributed by atoms with van der Waals surface area (Å²) in [4.78, 5) is 0. The first-order chi connectivity index (χ1) is 5.62. The van der Waals surface area contributed by atoms with Gasteiger partial charge in [0.15, 0.2) is 5.69 Å². The molecule has 1 aromatic carbocycles. The van der Waals surface area contributed by atoms with Crippen LogP contribution in [-0.2, 0) is 5.60 Å². The molecule has 0 aromatic heterocycles. The molecule has 3 nitrogen and oxygen atoms in total. The van der Waals surface area contributed by atoms with Crippen LogP contribution in [0.15, 0.2) is 18.2 Å². The molecular weight excluding hydrogens is 152 g/mol. The van der Waals surface area contributed by atoms with Crippen LogP contribution in [0.4, 0.5) is 11.4 Å². The third kappa shape index (κ3) is 1.07. The monoisotopic (exact) mass is 165 g/mol. The molecule has 3 heteroatoms.